The Morgan fingerprint density at radius 3 is 2.54 bits per heavy atom. The molecule has 6 nitrogen and oxygen atoms in total. The van der Waals surface area contributed by atoms with E-state index in [0.717, 1.165) is 5.56 Å². The molecule has 0 aliphatic heterocycles. The molecule has 0 fully saturated rings. The second-order valence-electron chi connectivity index (χ2n) is 4.70. The minimum atomic E-state index is -0.591. The van der Waals surface area contributed by atoms with E-state index >= 15 is 0 Å². The molecule has 0 saturated heterocycles. The Morgan fingerprint density at radius 2 is 1.92 bits per heavy atom. The number of amides is 2. The summed E-state index contributed by atoms with van der Waals surface area (Å²) in [7, 11) is 1.54. The molecule has 124 valence electrons. The molecule has 0 unspecified atom stereocenters. The number of carbonyl (C=O) groups is 3. The lowest BCUT2D eigenvalue weighted by atomic mass is 10.2. The van der Waals surface area contributed by atoms with Crippen molar-refractivity contribution in [3.63, 3.8) is 0 Å². The normalized spacial score (nSPS) is 10.4. The van der Waals surface area contributed by atoms with Gasteiger partial charge in [0.25, 0.3) is 11.8 Å². The van der Waals surface area contributed by atoms with E-state index in [1.807, 2.05) is 16.8 Å². The number of carbonyl (C=O) groups excluding carboxylic acids is 3. The van der Waals surface area contributed by atoms with E-state index in [1.165, 1.54) is 17.4 Å². The van der Waals surface area contributed by atoms with Crippen molar-refractivity contribution in [2.24, 2.45) is 0 Å². The number of rotatable bonds is 6. The third-order valence-electron chi connectivity index (χ3n) is 2.96. The maximum Gasteiger partial charge on any atom is 0.331 e. The first-order chi connectivity index (χ1) is 11.6. The van der Waals surface area contributed by atoms with Gasteiger partial charge >= 0.3 is 5.97 Å². The Hall–Kier alpha value is -2.93. The first-order valence-electron chi connectivity index (χ1n) is 7.07. The highest BCUT2D eigenvalue weighted by Gasteiger charge is 2.07. The fourth-order valence-electron chi connectivity index (χ4n) is 1.77. The van der Waals surface area contributed by atoms with Crippen molar-refractivity contribution in [2.75, 3.05) is 19.0 Å². The van der Waals surface area contributed by atoms with Crippen LogP contribution in [0, 0.1) is 0 Å². The Kier molecular flexibility index (Phi) is 6.27. The second kappa shape index (κ2) is 8.64. The Bertz CT molecular complexity index is 736. The molecular formula is C17H16N2O4S. The summed E-state index contributed by atoms with van der Waals surface area (Å²) in [6.07, 6.45) is 2.89. The summed E-state index contributed by atoms with van der Waals surface area (Å²) in [5.41, 5.74) is 1.90. The van der Waals surface area contributed by atoms with Crippen LogP contribution >= 0.6 is 11.3 Å². The van der Waals surface area contributed by atoms with Gasteiger partial charge in [0.2, 0.25) is 0 Å². The molecule has 1 heterocycles. The largest absolute Gasteiger partial charge is 0.452 e. The standard InChI is InChI=1S/C17H16N2O4S/c1-18-17(22)13-3-5-14(6-4-13)19-15(20)10-23-16(21)7-2-12-8-9-24-11-12/h2-9,11H,10H2,1H3,(H,18,22)(H,19,20)/b7-2+. The van der Waals surface area contributed by atoms with E-state index < -0.39 is 11.9 Å². The lowest BCUT2D eigenvalue weighted by Gasteiger charge is -2.06. The monoisotopic (exact) mass is 344 g/mol. The van der Waals surface area contributed by atoms with E-state index in [1.54, 1.807) is 37.4 Å². The SMILES string of the molecule is CNC(=O)c1ccc(NC(=O)COC(=O)/C=C/c2ccsc2)cc1. The van der Waals surface area contributed by atoms with Gasteiger partial charge in [-0.05, 0) is 52.7 Å². The number of esters is 1. The molecule has 0 aliphatic carbocycles. The first kappa shape index (κ1) is 17.4. The fourth-order valence-corrected chi connectivity index (χ4v) is 2.39. The van der Waals surface area contributed by atoms with Gasteiger partial charge in [-0.25, -0.2) is 4.79 Å². The maximum atomic E-state index is 11.7. The van der Waals surface area contributed by atoms with Gasteiger partial charge in [-0.2, -0.15) is 11.3 Å². The number of thiophene rings is 1. The molecule has 2 rings (SSSR count). The van der Waals surface area contributed by atoms with Gasteiger partial charge in [0.15, 0.2) is 6.61 Å². The van der Waals surface area contributed by atoms with E-state index in [0.29, 0.717) is 11.3 Å². The predicted octanol–water partition coefficient (Wildman–Crippen LogP) is 2.30. The lowest BCUT2D eigenvalue weighted by molar-refractivity contribution is -0.142. The minimum absolute atomic E-state index is 0.209. The van der Waals surface area contributed by atoms with Gasteiger partial charge in [0.05, 0.1) is 0 Å². The van der Waals surface area contributed by atoms with Crippen molar-refractivity contribution in [1.29, 1.82) is 0 Å². The van der Waals surface area contributed by atoms with Gasteiger partial charge in [-0.15, -0.1) is 0 Å². The molecule has 0 bridgehead atoms. The van der Waals surface area contributed by atoms with Crippen LogP contribution in [0.5, 0.6) is 0 Å². The predicted molar refractivity (Wildman–Crippen MR) is 92.8 cm³/mol. The van der Waals surface area contributed by atoms with Crippen molar-refractivity contribution in [3.05, 3.63) is 58.3 Å². The average Bonchev–Trinajstić information content (AvgIpc) is 3.11. The first-order valence-corrected chi connectivity index (χ1v) is 8.02. The zero-order valence-electron chi connectivity index (χ0n) is 12.9. The molecule has 0 aliphatic rings. The van der Waals surface area contributed by atoms with E-state index in [4.69, 9.17) is 4.74 Å². The van der Waals surface area contributed by atoms with Crippen LogP contribution < -0.4 is 10.6 Å². The smallest absolute Gasteiger partial charge is 0.331 e. The number of ether oxygens (including phenoxy) is 1. The van der Waals surface area contributed by atoms with Crippen molar-refractivity contribution in [1.82, 2.24) is 5.32 Å². The molecule has 2 amide bonds. The quantitative estimate of drug-likeness (QED) is 0.622. The van der Waals surface area contributed by atoms with Crippen molar-refractivity contribution < 1.29 is 19.1 Å². The van der Waals surface area contributed by atoms with Crippen LogP contribution in [0.2, 0.25) is 0 Å². The summed E-state index contributed by atoms with van der Waals surface area (Å²) in [5, 5.41) is 8.87. The number of nitrogens with one attached hydrogen (secondary N) is 2. The molecule has 0 spiro atoms. The molecular weight excluding hydrogens is 328 g/mol. The van der Waals surface area contributed by atoms with Crippen LogP contribution in [0.25, 0.3) is 6.08 Å². The average molecular weight is 344 g/mol. The van der Waals surface area contributed by atoms with Gasteiger partial charge in [-0.1, -0.05) is 0 Å². The molecule has 24 heavy (non-hydrogen) atoms. The van der Waals surface area contributed by atoms with Gasteiger partial charge in [0.1, 0.15) is 0 Å². The van der Waals surface area contributed by atoms with Crippen molar-refractivity contribution in [3.8, 4) is 0 Å². The van der Waals surface area contributed by atoms with Crippen LogP contribution in [0.4, 0.5) is 5.69 Å². The van der Waals surface area contributed by atoms with Crippen LogP contribution in [0.1, 0.15) is 15.9 Å². The maximum absolute atomic E-state index is 11.7. The van der Waals surface area contributed by atoms with Crippen molar-refractivity contribution >= 4 is 40.9 Å². The van der Waals surface area contributed by atoms with Crippen molar-refractivity contribution in [2.45, 2.75) is 0 Å². The Morgan fingerprint density at radius 1 is 1.17 bits per heavy atom. The van der Waals surface area contributed by atoms with Crippen LogP contribution in [-0.4, -0.2) is 31.4 Å². The van der Waals surface area contributed by atoms with Crippen LogP contribution in [0.3, 0.4) is 0 Å². The molecule has 1 aromatic heterocycles. The highest BCUT2D eigenvalue weighted by molar-refractivity contribution is 7.08. The molecule has 2 N–H and O–H groups in total. The number of anilines is 1. The molecule has 0 atom stereocenters. The summed E-state index contributed by atoms with van der Waals surface area (Å²) in [6, 6.07) is 8.24. The zero-order valence-corrected chi connectivity index (χ0v) is 13.8. The molecule has 2 aromatic rings. The summed E-state index contributed by atoms with van der Waals surface area (Å²) < 4.78 is 4.86. The lowest BCUT2D eigenvalue weighted by Crippen LogP contribution is -2.20. The summed E-state index contributed by atoms with van der Waals surface area (Å²) >= 11 is 1.52. The number of benzene rings is 1. The Balaban J connectivity index is 1.78. The van der Waals surface area contributed by atoms with Crippen LogP contribution in [-0.2, 0) is 14.3 Å². The van der Waals surface area contributed by atoms with Crippen LogP contribution in [0.15, 0.2) is 47.2 Å². The summed E-state index contributed by atoms with van der Waals surface area (Å²) in [4.78, 5) is 34.7. The molecule has 0 radical (unpaired) electrons. The molecule has 0 saturated carbocycles. The summed E-state index contributed by atoms with van der Waals surface area (Å²) in [5.74, 6) is -1.26. The van der Waals surface area contributed by atoms with Gasteiger partial charge in [0, 0.05) is 24.4 Å². The minimum Gasteiger partial charge on any atom is -0.452 e. The van der Waals surface area contributed by atoms with Gasteiger partial charge < -0.3 is 15.4 Å². The highest BCUT2D eigenvalue weighted by atomic mass is 32.1. The molecule has 1 aromatic carbocycles. The number of hydrogen-bond donors (Lipinski definition) is 2. The third-order valence-corrected chi connectivity index (χ3v) is 3.66. The fraction of sp³-hybridized carbons (Fsp3) is 0.118. The topological polar surface area (TPSA) is 84.5 Å². The zero-order chi connectivity index (χ0) is 17.4. The van der Waals surface area contributed by atoms with E-state index in [-0.39, 0.29) is 12.5 Å². The van der Waals surface area contributed by atoms with E-state index in [2.05, 4.69) is 10.6 Å². The van der Waals surface area contributed by atoms with Gasteiger partial charge in [-0.3, -0.25) is 9.59 Å². The third kappa shape index (κ3) is 5.36. The number of hydrogen-bond acceptors (Lipinski definition) is 5. The molecule has 7 heteroatoms. The summed E-state index contributed by atoms with van der Waals surface area (Å²) in [6.45, 7) is -0.385. The Labute approximate surface area is 143 Å². The second-order valence-corrected chi connectivity index (χ2v) is 5.48. The van der Waals surface area contributed by atoms with E-state index in [9.17, 15) is 14.4 Å². The highest BCUT2D eigenvalue weighted by Crippen LogP contribution is 2.10.